The molecule has 0 aliphatic heterocycles. The first-order chi connectivity index (χ1) is 11.9. The number of thioether (sulfide) groups is 1. The molecule has 0 aliphatic carbocycles. The average molecular weight is 365 g/mol. The van der Waals surface area contributed by atoms with Gasteiger partial charge in [-0.15, -0.1) is 10.2 Å². The number of benzene rings is 1. The van der Waals surface area contributed by atoms with Gasteiger partial charge in [0.25, 0.3) is 5.56 Å². The van der Waals surface area contributed by atoms with E-state index in [0.29, 0.717) is 5.56 Å². The van der Waals surface area contributed by atoms with Crippen molar-refractivity contribution in [3.05, 3.63) is 51.7 Å². The van der Waals surface area contributed by atoms with Crippen LogP contribution < -0.4 is 5.56 Å². The third-order valence-corrected chi connectivity index (χ3v) is 4.30. The number of Topliss-reactive ketones (excluding diaryl/α,β-unsaturated/α-hetero) is 1. The number of hydrogen-bond donors (Lipinski definition) is 1. The van der Waals surface area contributed by atoms with Crippen LogP contribution in [0.5, 0.6) is 0 Å². The third kappa shape index (κ3) is 5.21. The molecule has 0 saturated carbocycles. The maximum absolute atomic E-state index is 12.9. The summed E-state index contributed by atoms with van der Waals surface area (Å²) in [5.74, 6) is -1.48. The van der Waals surface area contributed by atoms with Crippen LogP contribution in [0, 0.1) is 5.82 Å². The highest BCUT2D eigenvalue weighted by atomic mass is 32.2. The number of H-pyrrole nitrogens is 1. The van der Waals surface area contributed by atoms with E-state index < -0.39 is 22.6 Å². The maximum Gasteiger partial charge on any atom is 0.327 e. The van der Waals surface area contributed by atoms with Gasteiger partial charge in [-0.05, 0) is 31.5 Å². The van der Waals surface area contributed by atoms with Crippen molar-refractivity contribution in [3.63, 3.8) is 0 Å². The van der Waals surface area contributed by atoms with E-state index in [0.717, 1.165) is 11.8 Å². The topological polar surface area (TPSA) is 102 Å². The van der Waals surface area contributed by atoms with Crippen molar-refractivity contribution in [3.8, 4) is 0 Å². The van der Waals surface area contributed by atoms with Crippen molar-refractivity contribution >= 4 is 23.5 Å². The molecule has 9 heteroatoms. The van der Waals surface area contributed by atoms with Crippen LogP contribution in [0.2, 0.25) is 0 Å². The van der Waals surface area contributed by atoms with Crippen molar-refractivity contribution in [1.29, 1.82) is 0 Å². The van der Waals surface area contributed by atoms with Crippen LogP contribution in [-0.2, 0) is 20.7 Å². The molecule has 0 saturated heterocycles. The van der Waals surface area contributed by atoms with E-state index in [9.17, 15) is 18.8 Å². The minimum Gasteiger partial charge on any atom is -0.465 e. The van der Waals surface area contributed by atoms with Gasteiger partial charge in [-0.2, -0.15) is 0 Å². The zero-order chi connectivity index (χ0) is 18.4. The lowest BCUT2D eigenvalue weighted by Gasteiger charge is -2.11. The second-order valence-electron chi connectivity index (χ2n) is 5.07. The molecule has 7 nitrogen and oxygen atoms in total. The van der Waals surface area contributed by atoms with E-state index in [4.69, 9.17) is 4.74 Å². The number of nitrogens with zero attached hydrogens (tertiary/aromatic N) is 2. The molecule has 0 radical (unpaired) electrons. The SMILES string of the molecule is CCOC(=O)C(Sc1nnc(Cc2ccc(F)cc2)c(=O)[nH]1)C(C)=O. The Morgan fingerprint density at radius 2 is 1.96 bits per heavy atom. The molecule has 1 aromatic carbocycles. The minimum absolute atomic E-state index is 0.0427. The summed E-state index contributed by atoms with van der Waals surface area (Å²) in [6.45, 7) is 3.02. The molecule has 0 amide bonds. The van der Waals surface area contributed by atoms with Gasteiger partial charge in [-0.1, -0.05) is 23.9 Å². The van der Waals surface area contributed by atoms with Crippen LogP contribution in [0.4, 0.5) is 4.39 Å². The largest absolute Gasteiger partial charge is 0.465 e. The van der Waals surface area contributed by atoms with Gasteiger partial charge in [0.15, 0.2) is 16.2 Å². The minimum atomic E-state index is -1.12. The normalized spacial score (nSPS) is 11.8. The average Bonchev–Trinajstić information content (AvgIpc) is 2.56. The molecule has 0 bridgehead atoms. The third-order valence-electron chi connectivity index (χ3n) is 3.13. The van der Waals surface area contributed by atoms with Crippen molar-refractivity contribution < 1.29 is 18.7 Å². The molecule has 1 atom stereocenters. The summed E-state index contributed by atoms with van der Waals surface area (Å²) in [4.78, 5) is 38.0. The summed E-state index contributed by atoms with van der Waals surface area (Å²) in [7, 11) is 0. The van der Waals surface area contributed by atoms with E-state index in [1.54, 1.807) is 19.1 Å². The van der Waals surface area contributed by atoms with Crippen molar-refractivity contribution in [1.82, 2.24) is 15.2 Å². The Labute approximate surface area is 147 Å². The fourth-order valence-electron chi connectivity index (χ4n) is 1.94. The zero-order valence-electron chi connectivity index (χ0n) is 13.6. The Kier molecular flexibility index (Phi) is 6.40. The number of esters is 1. The summed E-state index contributed by atoms with van der Waals surface area (Å²) < 4.78 is 17.7. The smallest absolute Gasteiger partial charge is 0.327 e. The summed E-state index contributed by atoms with van der Waals surface area (Å²) in [5, 5.41) is 6.61. The van der Waals surface area contributed by atoms with Crippen LogP contribution in [-0.4, -0.2) is 38.8 Å². The molecule has 25 heavy (non-hydrogen) atoms. The van der Waals surface area contributed by atoms with E-state index >= 15 is 0 Å². The number of rotatable bonds is 7. The maximum atomic E-state index is 12.9. The lowest BCUT2D eigenvalue weighted by molar-refractivity contribution is -0.144. The summed E-state index contributed by atoms with van der Waals surface area (Å²) in [6.07, 6.45) is 0.182. The van der Waals surface area contributed by atoms with Gasteiger partial charge >= 0.3 is 5.97 Å². The summed E-state index contributed by atoms with van der Waals surface area (Å²) in [5.41, 5.74) is 0.356. The Hall–Kier alpha value is -2.55. The van der Waals surface area contributed by atoms with Crippen molar-refractivity contribution in [2.75, 3.05) is 6.61 Å². The lowest BCUT2D eigenvalue weighted by Crippen LogP contribution is -2.28. The Balaban J connectivity index is 2.15. The van der Waals surface area contributed by atoms with Gasteiger partial charge in [-0.25, -0.2) is 4.39 Å². The number of hydrogen-bond acceptors (Lipinski definition) is 7. The number of nitrogens with one attached hydrogen (secondary N) is 1. The van der Waals surface area contributed by atoms with Gasteiger partial charge in [0.05, 0.1) is 6.61 Å². The lowest BCUT2D eigenvalue weighted by atomic mass is 10.1. The molecule has 0 fully saturated rings. The number of ether oxygens (including phenoxy) is 1. The molecular formula is C16H16FN3O4S. The Bertz CT molecular complexity index is 823. The fourth-order valence-corrected chi connectivity index (χ4v) is 2.73. The van der Waals surface area contributed by atoms with E-state index in [1.165, 1.54) is 19.1 Å². The molecule has 2 aromatic rings. The highest BCUT2D eigenvalue weighted by molar-refractivity contribution is 8.01. The molecule has 1 N–H and O–H groups in total. The van der Waals surface area contributed by atoms with Crippen molar-refractivity contribution in [2.45, 2.75) is 30.7 Å². The molecule has 1 aromatic heterocycles. The van der Waals surface area contributed by atoms with Gasteiger partial charge in [0, 0.05) is 6.42 Å². The van der Waals surface area contributed by atoms with E-state index in [-0.39, 0.29) is 29.7 Å². The molecule has 1 heterocycles. The molecule has 1 unspecified atom stereocenters. The number of ketones is 1. The highest BCUT2D eigenvalue weighted by Gasteiger charge is 2.27. The zero-order valence-corrected chi connectivity index (χ0v) is 14.4. The number of carbonyl (C=O) groups excluding carboxylic acids is 2. The van der Waals surface area contributed by atoms with Crippen LogP contribution >= 0.6 is 11.8 Å². The number of aromatic amines is 1. The summed E-state index contributed by atoms with van der Waals surface area (Å²) in [6, 6.07) is 5.67. The first-order valence-electron chi connectivity index (χ1n) is 7.44. The second kappa shape index (κ2) is 8.52. The van der Waals surface area contributed by atoms with Gasteiger partial charge in [-0.3, -0.25) is 19.4 Å². The van der Waals surface area contributed by atoms with E-state index in [2.05, 4.69) is 15.2 Å². The Morgan fingerprint density at radius 3 is 2.52 bits per heavy atom. The van der Waals surface area contributed by atoms with Gasteiger partial charge < -0.3 is 4.74 Å². The van der Waals surface area contributed by atoms with Crippen LogP contribution in [0.3, 0.4) is 0 Å². The molecule has 0 aliphatic rings. The molecular weight excluding hydrogens is 349 g/mol. The number of aromatic nitrogens is 3. The van der Waals surface area contributed by atoms with Gasteiger partial charge in [0.2, 0.25) is 0 Å². The van der Waals surface area contributed by atoms with Crippen LogP contribution in [0.1, 0.15) is 25.1 Å². The van der Waals surface area contributed by atoms with Crippen LogP contribution in [0.15, 0.2) is 34.2 Å². The monoisotopic (exact) mass is 365 g/mol. The highest BCUT2D eigenvalue weighted by Crippen LogP contribution is 2.20. The predicted molar refractivity (Wildman–Crippen MR) is 88.8 cm³/mol. The predicted octanol–water partition coefficient (Wildman–Crippen LogP) is 1.51. The molecule has 132 valence electrons. The number of halogens is 1. The second-order valence-corrected chi connectivity index (χ2v) is 6.16. The standard InChI is InChI=1S/C16H16FN3O4S/c1-3-24-15(23)13(9(2)21)25-16-18-14(22)12(19-20-16)8-10-4-6-11(17)7-5-10/h4-7,13H,3,8H2,1-2H3,(H,18,20,22). The molecule has 0 spiro atoms. The molecule has 2 rings (SSSR count). The van der Waals surface area contributed by atoms with Crippen molar-refractivity contribution in [2.24, 2.45) is 0 Å². The first kappa shape index (κ1) is 18.8. The number of carbonyl (C=O) groups is 2. The van der Waals surface area contributed by atoms with Crippen LogP contribution in [0.25, 0.3) is 0 Å². The summed E-state index contributed by atoms with van der Waals surface area (Å²) >= 11 is 0.773. The van der Waals surface area contributed by atoms with Gasteiger partial charge in [0.1, 0.15) is 11.5 Å². The van der Waals surface area contributed by atoms with E-state index in [1.807, 2.05) is 0 Å². The first-order valence-corrected chi connectivity index (χ1v) is 8.32. The fraction of sp³-hybridized carbons (Fsp3) is 0.312. The quantitative estimate of drug-likeness (QED) is 0.451. The Morgan fingerprint density at radius 1 is 1.28 bits per heavy atom.